The molecule has 0 N–H and O–H groups in total. The molecule has 4 aromatic rings. The second-order valence-electron chi connectivity index (χ2n) is 8.55. The summed E-state index contributed by atoms with van der Waals surface area (Å²) in [6, 6.07) is 21.5. The van der Waals surface area contributed by atoms with Crippen LogP contribution >= 0.6 is 11.8 Å². The Balaban J connectivity index is 1.53. The Labute approximate surface area is 197 Å². The van der Waals surface area contributed by atoms with Crippen molar-refractivity contribution in [2.24, 2.45) is 0 Å². The van der Waals surface area contributed by atoms with E-state index in [0.29, 0.717) is 16.1 Å². The van der Waals surface area contributed by atoms with Crippen molar-refractivity contribution in [3.63, 3.8) is 0 Å². The van der Waals surface area contributed by atoms with E-state index >= 15 is 0 Å². The summed E-state index contributed by atoms with van der Waals surface area (Å²) in [5, 5.41) is 1.09. The molecule has 2 heterocycles. The van der Waals surface area contributed by atoms with Crippen LogP contribution in [0.25, 0.3) is 16.6 Å². The van der Waals surface area contributed by atoms with Crippen LogP contribution in [0, 0.1) is 13.8 Å². The third kappa shape index (κ3) is 3.85. The maximum Gasteiger partial charge on any atom is 0.266 e. The fraction of sp³-hybridized carbons (Fsp3) is 0.222. The van der Waals surface area contributed by atoms with Crippen LogP contribution in [0.15, 0.2) is 76.7 Å². The molecule has 0 aliphatic carbocycles. The lowest BCUT2D eigenvalue weighted by Gasteiger charge is -2.23. The quantitative estimate of drug-likeness (QED) is 0.318. The zero-order valence-corrected chi connectivity index (χ0v) is 19.7. The maximum atomic E-state index is 13.5. The number of rotatable bonds is 4. The number of carbonyl (C=O) groups is 1. The van der Waals surface area contributed by atoms with E-state index in [1.165, 1.54) is 17.3 Å². The Morgan fingerprint density at radius 2 is 1.79 bits per heavy atom. The van der Waals surface area contributed by atoms with Crippen LogP contribution in [0.5, 0.6) is 0 Å². The second-order valence-corrected chi connectivity index (χ2v) is 9.50. The Morgan fingerprint density at radius 3 is 2.61 bits per heavy atom. The molecule has 0 saturated carbocycles. The lowest BCUT2D eigenvalue weighted by atomic mass is 10.1. The highest BCUT2D eigenvalue weighted by atomic mass is 32.2. The van der Waals surface area contributed by atoms with Gasteiger partial charge in [-0.05, 0) is 74.2 Å². The van der Waals surface area contributed by atoms with Crippen LogP contribution in [-0.2, 0) is 11.2 Å². The van der Waals surface area contributed by atoms with E-state index in [1.807, 2.05) is 73.3 Å². The van der Waals surface area contributed by atoms with Gasteiger partial charge in [-0.3, -0.25) is 14.2 Å². The minimum atomic E-state index is -0.126. The average molecular weight is 456 g/mol. The molecule has 0 fully saturated rings. The lowest BCUT2D eigenvalue weighted by molar-refractivity contribution is -0.116. The smallest absolute Gasteiger partial charge is 0.266 e. The summed E-state index contributed by atoms with van der Waals surface area (Å²) < 4.78 is 1.63. The fourth-order valence-electron chi connectivity index (χ4n) is 4.44. The molecule has 1 unspecified atom stereocenters. The molecule has 6 heteroatoms. The number of nitrogens with zero attached hydrogens (tertiary/aromatic N) is 3. The zero-order chi connectivity index (χ0) is 23.1. The number of anilines is 1. The van der Waals surface area contributed by atoms with Crippen molar-refractivity contribution in [2.75, 3.05) is 10.7 Å². The molecular formula is C27H25N3O2S. The largest absolute Gasteiger partial charge is 0.308 e. The molecule has 3 aromatic carbocycles. The number of hydrogen-bond donors (Lipinski definition) is 0. The van der Waals surface area contributed by atoms with E-state index < -0.39 is 0 Å². The summed E-state index contributed by atoms with van der Waals surface area (Å²) in [7, 11) is 0. The van der Waals surface area contributed by atoms with E-state index in [9.17, 15) is 9.59 Å². The van der Waals surface area contributed by atoms with Crippen LogP contribution in [-0.4, -0.2) is 27.3 Å². The third-order valence-corrected chi connectivity index (χ3v) is 7.22. The minimum absolute atomic E-state index is 0.0199. The predicted octanol–water partition coefficient (Wildman–Crippen LogP) is 5.07. The van der Waals surface area contributed by atoms with Crippen LogP contribution in [0.4, 0.5) is 5.69 Å². The van der Waals surface area contributed by atoms with Gasteiger partial charge in [0, 0.05) is 11.7 Å². The van der Waals surface area contributed by atoms with Gasteiger partial charge in [0.2, 0.25) is 5.91 Å². The third-order valence-electron chi connectivity index (χ3n) is 6.29. The Kier molecular flexibility index (Phi) is 5.54. The molecule has 5 rings (SSSR count). The first kappa shape index (κ1) is 21.5. The SMILES string of the molecule is Cc1ccc(-n2c(SCC(=O)N3c4ccccc4CC3C)nc3ccccc3c2=O)cc1C. The number of para-hydroxylation sites is 2. The van der Waals surface area contributed by atoms with Crippen LogP contribution in [0.3, 0.4) is 0 Å². The van der Waals surface area contributed by atoms with Gasteiger partial charge in [-0.1, -0.05) is 48.2 Å². The van der Waals surface area contributed by atoms with Crippen molar-refractivity contribution >= 4 is 34.3 Å². The number of thioether (sulfide) groups is 1. The molecule has 0 radical (unpaired) electrons. The molecular weight excluding hydrogens is 430 g/mol. The zero-order valence-electron chi connectivity index (χ0n) is 18.9. The number of benzene rings is 3. The summed E-state index contributed by atoms with van der Waals surface area (Å²) >= 11 is 1.31. The van der Waals surface area contributed by atoms with Gasteiger partial charge in [-0.25, -0.2) is 4.98 Å². The molecule has 1 amide bonds. The average Bonchev–Trinajstić information content (AvgIpc) is 3.15. The number of hydrogen-bond acceptors (Lipinski definition) is 4. The van der Waals surface area contributed by atoms with Crippen molar-refractivity contribution in [2.45, 2.75) is 38.4 Å². The highest BCUT2D eigenvalue weighted by Crippen LogP contribution is 2.33. The molecule has 166 valence electrons. The molecule has 0 bridgehead atoms. The number of carbonyl (C=O) groups excluding carboxylic acids is 1. The molecule has 5 nitrogen and oxygen atoms in total. The van der Waals surface area contributed by atoms with E-state index in [2.05, 4.69) is 13.0 Å². The minimum Gasteiger partial charge on any atom is -0.308 e. The van der Waals surface area contributed by atoms with Gasteiger partial charge < -0.3 is 4.90 Å². The van der Waals surface area contributed by atoms with E-state index in [0.717, 1.165) is 28.9 Å². The van der Waals surface area contributed by atoms with Crippen molar-refractivity contribution in [1.82, 2.24) is 9.55 Å². The van der Waals surface area contributed by atoms with Gasteiger partial charge in [0.25, 0.3) is 5.56 Å². The molecule has 33 heavy (non-hydrogen) atoms. The molecule has 1 aliphatic heterocycles. The van der Waals surface area contributed by atoms with Crippen LogP contribution in [0.1, 0.15) is 23.6 Å². The first-order chi connectivity index (χ1) is 15.9. The number of aromatic nitrogens is 2. The van der Waals surface area contributed by atoms with Crippen LogP contribution in [0.2, 0.25) is 0 Å². The topological polar surface area (TPSA) is 55.2 Å². The molecule has 1 aliphatic rings. The highest BCUT2D eigenvalue weighted by Gasteiger charge is 2.30. The van der Waals surface area contributed by atoms with Crippen molar-refractivity contribution in [1.29, 1.82) is 0 Å². The highest BCUT2D eigenvalue weighted by molar-refractivity contribution is 7.99. The van der Waals surface area contributed by atoms with Gasteiger partial charge in [-0.15, -0.1) is 0 Å². The lowest BCUT2D eigenvalue weighted by Crippen LogP contribution is -2.37. The van der Waals surface area contributed by atoms with Crippen molar-refractivity contribution < 1.29 is 4.79 Å². The van der Waals surface area contributed by atoms with E-state index in [-0.39, 0.29) is 23.3 Å². The fourth-order valence-corrected chi connectivity index (χ4v) is 5.31. The summed E-state index contributed by atoms with van der Waals surface area (Å²) in [6.07, 6.45) is 0.855. The van der Waals surface area contributed by atoms with Crippen LogP contribution < -0.4 is 10.5 Å². The van der Waals surface area contributed by atoms with Gasteiger partial charge in [0.05, 0.1) is 22.3 Å². The predicted molar refractivity (Wildman–Crippen MR) is 135 cm³/mol. The van der Waals surface area contributed by atoms with Crippen molar-refractivity contribution in [3.8, 4) is 5.69 Å². The monoisotopic (exact) mass is 455 g/mol. The van der Waals surface area contributed by atoms with Gasteiger partial charge in [-0.2, -0.15) is 0 Å². The number of amides is 1. The van der Waals surface area contributed by atoms with Gasteiger partial charge in [0.15, 0.2) is 5.16 Å². The standard InChI is InChI=1S/C27H25N3O2S/c1-17-12-13-21(14-18(17)2)30-26(32)22-9-5-6-10-23(22)28-27(30)33-16-25(31)29-19(3)15-20-8-4-7-11-24(20)29/h4-14,19H,15-16H2,1-3H3. The summed E-state index contributed by atoms with van der Waals surface area (Å²) in [4.78, 5) is 33.4. The normalized spacial score (nSPS) is 15.1. The molecule has 0 saturated heterocycles. The first-order valence-corrected chi connectivity index (χ1v) is 12.0. The number of aryl methyl sites for hydroxylation is 2. The van der Waals surface area contributed by atoms with E-state index in [1.54, 1.807) is 10.6 Å². The number of fused-ring (bicyclic) bond motifs is 2. The Hall–Kier alpha value is -3.38. The van der Waals surface area contributed by atoms with Gasteiger partial charge in [0.1, 0.15) is 0 Å². The first-order valence-electron chi connectivity index (χ1n) is 11.1. The maximum absolute atomic E-state index is 13.5. The summed E-state index contributed by atoms with van der Waals surface area (Å²) in [5.74, 6) is 0.223. The second kappa shape index (κ2) is 8.52. The molecule has 0 spiro atoms. The molecule has 1 atom stereocenters. The van der Waals surface area contributed by atoms with Gasteiger partial charge >= 0.3 is 0 Å². The molecule has 1 aromatic heterocycles. The summed E-state index contributed by atoms with van der Waals surface area (Å²) in [5.41, 5.74) is 5.70. The Bertz CT molecular complexity index is 1440. The van der Waals surface area contributed by atoms with E-state index in [4.69, 9.17) is 4.98 Å². The Morgan fingerprint density at radius 1 is 1.03 bits per heavy atom. The summed E-state index contributed by atoms with van der Waals surface area (Å²) in [6.45, 7) is 6.15. The van der Waals surface area contributed by atoms with Crippen molar-refractivity contribution in [3.05, 3.63) is 93.8 Å².